The Morgan fingerprint density at radius 3 is 2.24 bits per heavy atom. The standard InChI is InChI=1S/C17H14F2O5S/c18-14-8-3-11(9-15(14)19)24-16(17(20)21)10-1-4-12(5-2-10)25(22,23)13-6-7-13/h1-5,8-9,13,16H,6-7H2,(H,20,21). The Kier molecular flexibility index (Phi) is 4.47. The third-order valence-electron chi connectivity index (χ3n) is 3.84. The van der Waals surface area contributed by atoms with Crippen molar-refractivity contribution in [2.45, 2.75) is 29.1 Å². The zero-order chi connectivity index (χ0) is 18.2. The normalized spacial score (nSPS) is 15.6. The zero-order valence-electron chi connectivity index (χ0n) is 12.9. The van der Waals surface area contributed by atoms with Crippen LogP contribution in [0.1, 0.15) is 24.5 Å². The Morgan fingerprint density at radius 1 is 1.08 bits per heavy atom. The first-order valence-electron chi connectivity index (χ1n) is 7.47. The van der Waals surface area contributed by atoms with Gasteiger partial charge in [0.05, 0.1) is 10.1 Å². The van der Waals surface area contributed by atoms with Gasteiger partial charge in [0.1, 0.15) is 5.75 Å². The summed E-state index contributed by atoms with van der Waals surface area (Å²) in [5.74, 6) is -3.73. The largest absolute Gasteiger partial charge is 0.478 e. The van der Waals surface area contributed by atoms with E-state index in [-0.39, 0.29) is 21.5 Å². The quantitative estimate of drug-likeness (QED) is 0.847. The van der Waals surface area contributed by atoms with Crippen molar-refractivity contribution in [2.24, 2.45) is 0 Å². The number of hydrogen-bond acceptors (Lipinski definition) is 4. The van der Waals surface area contributed by atoms with Crippen LogP contribution in [-0.2, 0) is 14.6 Å². The summed E-state index contributed by atoms with van der Waals surface area (Å²) in [4.78, 5) is 11.6. The molecule has 0 radical (unpaired) electrons. The molecule has 0 heterocycles. The van der Waals surface area contributed by atoms with E-state index in [1.807, 2.05) is 0 Å². The van der Waals surface area contributed by atoms with Crippen molar-refractivity contribution in [3.8, 4) is 5.75 Å². The molecular formula is C17H14F2O5S. The van der Waals surface area contributed by atoms with Gasteiger partial charge in [-0.1, -0.05) is 12.1 Å². The Hall–Kier alpha value is -2.48. The van der Waals surface area contributed by atoms with Gasteiger partial charge in [0.25, 0.3) is 0 Å². The fourth-order valence-electron chi connectivity index (χ4n) is 2.35. The van der Waals surface area contributed by atoms with E-state index in [0.717, 1.165) is 18.2 Å². The summed E-state index contributed by atoms with van der Waals surface area (Å²) in [5, 5.41) is 8.96. The number of carboxylic acid groups (broad SMARTS) is 1. The second kappa shape index (κ2) is 6.44. The second-order valence-electron chi connectivity index (χ2n) is 5.73. The van der Waals surface area contributed by atoms with Crippen LogP contribution < -0.4 is 4.74 Å². The van der Waals surface area contributed by atoms with Crippen LogP contribution in [-0.4, -0.2) is 24.7 Å². The Morgan fingerprint density at radius 2 is 1.72 bits per heavy atom. The maximum absolute atomic E-state index is 13.2. The molecule has 132 valence electrons. The van der Waals surface area contributed by atoms with Crippen LogP contribution >= 0.6 is 0 Å². The summed E-state index contributed by atoms with van der Waals surface area (Å²) in [6, 6.07) is 8.02. The van der Waals surface area contributed by atoms with Crippen molar-refractivity contribution in [1.29, 1.82) is 0 Å². The molecule has 0 aromatic heterocycles. The minimum atomic E-state index is -3.38. The smallest absolute Gasteiger partial charge is 0.349 e. The fraction of sp³-hybridized carbons (Fsp3) is 0.235. The molecule has 1 fully saturated rings. The van der Waals surface area contributed by atoms with Gasteiger partial charge in [-0.2, -0.15) is 0 Å². The van der Waals surface area contributed by atoms with Gasteiger partial charge >= 0.3 is 5.97 Å². The molecule has 0 bridgehead atoms. The van der Waals surface area contributed by atoms with E-state index >= 15 is 0 Å². The molecular weight excluding hydrogens is 354 g/mol. The van der Waals surface area contributed by atoms with Gasteiger partial charge in [0, 0.05) is 11.6 Å². The second-order valence-corrected chi connectivity index (χ2v) is 7.95. The van der Waals surface area contributed by atoms with Crippen molar-refractivity contribution >= 4 is 15.8 Å². The van der Waals surface area contributed by atoms with Crippen molar-refractivity contribution in [2.75, 3.05) is 0 Å². The van der Waals surface area contributed by atoms with Crippen molar-refractivity contribution < 1.29 is 31.8 Å². The van der Waals surface area contributed by atoms with E-state index in [0.29, 0.717) is 12.8 Å². The van der Waals surface area contributed by atoms with Crippen LogP contribution in [0.25, 0.3) is 0 Å². The first kappa shape index (κ1) is 17.3. The van der Waals surface area contributed by atoms with E-state index in [1.165, 1.54) is 24.3 Å². The van der Waals surface area contributed by atoms with Gasteiger partial charge in [-0.15, -0.1) is 0 Å². The van der Waals surface area contributed by atoms with Crippen molar-refractivity contribution in [3.63, 3.8) is 0 Å². The van der Waals surface area contributed by atoms with Gasteiger partial charge in [-0.25, -0.2) is 22.0 Å². The number of rotatable bonds is 6. The number of carboxylic acids is 1. The summed E-state index contributed by atoms with van der Waals surface area (Å²) >= 11 is 0. The molecule has 8 heteroatoms. The molecule has 1 unspecified atom stereocenters. The number of aliphatic carboxylic acids is 1. The number of halogens is 2. The molecule has 1 N–H and O–H groups in total. The topological polar surface area (TPSA) is 80.7 Å². The van der Waals surface area contributed by atoms with E-state index in [4.69, 9.17) is 4.74 Å². The van der Waals surface area contributed by atoms with Crippen LogP contribution in [0.5, 0.6) is 5.75 Å². The van der Waals surface area contributed by atoms with E-state index in [9.17, 15) is 27.1 Å². The summed E-state index contributed by atoms with van der Waals surface area (Å²) in [5.41, 5.74) is 0.187. The lowest BCUT2D eigenvalue weighted by Gasteiger charge is -2.16. The first-order valence-corrected chi connectivity index (χ1v) is 9.02. The lowest BCUT2D eigenvalue weighted by molar-refractivity contribution is -0.145. The third kappa shape index (κ3) is 3.63. The SMILES string of the molecule is O=C(O)C(Oc1ccc(F)c(F)c1)c1ccc(S(=O)(=O)C2CC2)cc1. The third-order valence-corrected chi connectivity index (χ3v) is 6.12. The average molecular weight is 368 g/mol. The first-order chi connectivity index (χ1) is 11.8. The summed E-state index contributed by atoms with van der Waals surface area (Å²) < 4.78 is 55.7. The van der Waals surface area contributed by atoms with Gasteiger partial charge in [-0.3, -0.25) is 0 Å². The summed E-state index contributed by atoms with van der Waals surface area (Å²) in [6.45, 7) is 0. The lowest BCUT2D eigenvalue weighted by atomic mass is 10.1. The Balaban J connectivity index is 1.85. The van der Waals surface area contributed by atoms with Crippen LogP contribution in [0, 0.1) is 11.6 Å². The van der Waals surface area contributed by atoms with E-state index < -0.39 is 33.5 Å². The molecule has 3 rings (SSSR count). The summed E-state index contributed by atoms with van der Waals surface area (Å²) in [7, 11) is -3.38. The van der Waals surface area contributed by atoms with Crippen LogP contribution in [0.15, 0.2) is 47.4 Å². The highest BCUT2D eigenvalue weighted by molar-refractivity contribution is 7.92. The van der Waals surface area contributed by atoms with Crippen LogP contribution in [0.3, 0.4) is 0 Å². The Labute approximate surface area is 142 Å². The molecule has 2 aromatic carbocycles. The predicted molar refractivity (Wildman–Crippen MR) is 84.0 cm³/mol. The minimum Gasteiger partial charge on any atom is -0.478 e. The maximum Gasteiger partial charge on any atom is 0.349 e. The fourth-order valence-corrected chi connectivity index (χ4v) is 4.01. The zero-order valence-corrected chi connectivity index (χ0v) is 13.7. The van der Waals surface area contributed by atoms with Gasteiger partial charge in [-0.05, 0) is 37.1 Å². The number of hydrogen-bond donors (Lipinski definition) is 1. The van der Waals surface area contributed by atoms with Crippen molar-refractivity contribution in [1.82, 2.24) is 0 Å². The number of benzene rings is 2. The van der Waals surface area contributed by atoms with E-state index in [1.54, 1.807) is 0 Å². The van der Waals surface area contributed by atoms with Crippen molar-refractivity contribution in [3.05, 3.63) is 59.7 Å². The van der Waals surface area contributed by atoms with Gasteiger partial charge in [0.15, 0.2) is 21.5 Å². The highest BCUT2D eigenvalue weighted by Crippen LogP contribution is 2.34. The molecule has 1 atom stereocenters. The molecule has 1 aliphatic carbocycles. The van der Waals surface area contributed by atoms with E-state index in [2.05, 4.69) is 0 Å². The Bertz CT molecular complexity index is 905. The van der Waals surface area contributed by atoms with Gasteiger partial charge in [0.2, 0.25) is 6.10 Å². The molecule has 25 heavy (non-hydrogen) atoms. The molecule has 5 nitrogen and oxygen atoms in total. The number of carbonyl (C=O) groups is 1. The average Bonchev–Trinajstić information content (AvgIpc) is 3.41. The van der Waals surface area contributed by atoms with Gasteiger partial charge < -0.3 is 9.84 Å². The predicted octanol–water partition coefficient (Wildman–Crippen LogP) is 3.11. The highest BCUT2D eigenvalue weighted by Gasteiger charge is 2.37. The molecule has 1 saturated carbocycles. The molecule has 0 amide bonds. The number of ether oxygens (including phenoxy) is 1. The molecule has 2 aromatic rings. The summed E-state index contributed by atoms with van der Waals surface area (Å²) in [6.07, 6.45) is -0.232. The van der Waals surface area contributed by atoms with Crippen LogP contribution in [0.4, 0.5) is 8.78 Å². The number of sulfone groups is 1. The molecule has 0 saturated heterocycles. The van der Waals surface area contributed by atoms with Crippen LogP contribution in [0.2, 0.25) is 0 Å². The monoisotopic (exact) mass is 368 g/mol. The maximum atomic E-state index is 13.2. The lowest BCUT2D eigenvalue weighted by Crippen LogP contribution is -2.18. The molecule has 0 aliphatic heterocycles. The minimum absolute atomic E-state index is 0.121. The molecule has 0 spiro atoms. The molecule has 1 aliphatic rings. The highest BCUT2D eigenvalue weighted by atomic mass is 32.2.